The summed E-state index contributed by atoms with van der Waals surface area (Å²) in [6, 6.07) is 0. The van der Waals surface area contributed by atoms with Gasteiger partial charge >= 0.3 is 0 Å². The van der Waals surface area contributed by atoms with E-state index in [0.717, 1.165) is 31.6 Å². The predicted molar refractivity (Wildman–Crippen MR) is 71.0 cm³/mol. The molecule has 3 heterocycles. The summed E-state index contributed by atoms with van der Waals surface area (Å²) in [7, 11) is 0. The van der Waals surface area contributed by atoms with E-state index >= 15 is 0 Å². The smallest absolute Gasteiger partial charge is 0.233 e. The molecule has 1 fully saturated rings. The van der Waals surface area contributed by atoms with Crippen LogP contribution in [0.3, 0.4) is 0 Å². The van der Waals surface area contributed by atoms with Crippen molar-refractivity contribution >= 4 is 5.91 Å². The third kappa shape index (κ3) is 2.54. The van der Waals surface area contributed by atoms with E-state index in [1.54, 1.807) is 4.68 Å². The average molecular weight is 279 g/mol. The minimum atomic E-state index is -0.273. The van der Waals surface area contributed by atoms with Gasteiger partial charge in [0, 0.05) is 19.6 Å². The Balaban J connectivity index is 1.80. The topological polar surface area (TPSA) is 73.1 Å². The van der Waals surface area contributed by atoms with E-state index in [4.69, 9.17) is 4.74 Å². The average Bonchev–Trinajstić information content (AvgIpc) is 2.77. The van der Waals surface area contributed by atoms with E-state index in [1.807, 2.05) is 18.7 Å². The van der Waals surface area contributed by atoms with Gasteiger partial charge in [-0.3, -0.25) is 4.79 Å². The number of tetrazole rings is 1. The molecule has 0 bridgehead atoms. The fourth-order valence-corrected chi connectivity index (χ4v) is 3.02. The van der Waals surface area contributed by atoms with E-state index in [1.165, 1.54) is 0 Å². The highest BCUT2D eigenvalue weighted by Crippen LogP contribution is 2.28. The van der Waals surface area contributed by atoms with Crippen LogP contribution in [-0.4, -0.2) is 56.3 Å². The van der Waals surface area contributed by atoms with Gasteiger partial charge in [0.05, 0.1) is 18.1 Å². The molecule has 1 atom stereocenters. The number of aryl methyl sites for hydroxylation is 1. The van der Waals surface area contributed by atoms with Gasteiger partial charge in [0.25, 0.3) is 0 Å². The highest BCUT2D eigenvalue weighted by molar-refractivity contribution is 5.83. The Labute approximate surface area is 118 Å². The lowest BCUT2D eigenvalue weighted by Crippen LogP contribution is -2.51. The second kappa shape index (κ2) is 5.12. The van der Waals surface area contributed by atoms with Crippen molar-refractivity contribution in [3.8, 4) is 0 Å². The fourth-order valence-electron chi connectivity index (χ4n) is 3.02. The summed E-state index contributed by atoms with van der Waals surface area (Å²) in [4.78, 5) is 14.7. The standard InChI is InChI=1S/C13H21N5O2/c1-13(2)9-17(7-8-20-13)12(19)10-5-3-4-6-18-11(10)14-15-16-18/h10H,3-9H2,1-2H3. The maximum Gasteiger partial charge on any atom is 0.233 e. The molecule has 1 saturated heterocycles. The van der Waals surface area contributed by atoms with Crippen molar-refractivity contribution in [1.29, 1.82) is 0 Å². The summed E-state index contributed by atoms with van der Waals surface area (Å²) in [6.45, 7) is 6.72. The van der Waals surface area contributed by atoms with Crippen LogP contribution in [-0.2, 0) is 16.1 Å². The molecule has 7 nitrogen and oxygen atoms in total. The lowest BCUT2D eigenvalue weighted by molar-refractivity contribution is -0.147. The zero-order chi connectivity index (χ0) is 14.2. The van der Waals surface area contributed by atoms with E-state index in [-0.39, 0.29) is 17.4 Å². The highest BCUT2D eigenvalue weighted by Gasteiger charge is 2.36. The van der Waals surface area contributed by atoms with Crippen molar-refractivity contribution in [2.75, 3.05) is 19.7 Å². The first-order chi connectivity index (χ1) is 9.57. The first-order valence-corrected chi connectivity index (χ1v) is 7.26. The Hall–Kier alpha value is -1.50. The molecule has 1 amide bonds. The number of amides is 1. The number of rotatable bonds is 1. The van der Waals surface area contributed by atoms with Crippen molar-refractivity contribution < 1.29 is 9.53 Å². The zero-order valence-electron chi connectivity index (χ0n) is 12.1. The molecular formula is C13H21N5O2. The van der Waals surface area contributed by atoms with E-state index in [0.29, 0.717) is 19.7 Å². The molecule has 110 valence electrons. The molecule has 0 N–H and O–H groups in total. The summed E-state index contributed by atoms with van der Waals surface area (Å²) < 4.78 is 7.45. The van der Waals surface area contributed by atoms with Gasteiger partial charge in [-0.1, -0.05) is 6.42 Å². The fraction of sp³-hybridized carbons (Fsp3) is 0.846. The van der Waals surface area contributed by atoms with Crippen LogP contribution in [0.4, 0.5) is 0 Å². The molecule has 2 aliphatic heterocycles. The molecule has 3 rings (SSSR count). The summed E-state index contributed by atoms with van der Waals surface area (Å²) in [6.07, 6.45) is 2.88. The predicted octanol–water partition coefficient (Wildman–Crippen LogP) is 0.578. The zero-order valence-corrected chi connectivity index (χ0v) is 12.1. The summed E-state index contributed by atoms with van der Waals surface area (Å²) in [5, 5.41) is 11.8. The Kier molecular flexibility index (Phi) is 3.45. The number of ether oxygens (including phenoxy) is 1. The van der Waals surface area contributed by atoms with Gasteiger partial charge in [-0.25, -0.2) is 4.68 Å². The molecule has 20 heavy (non-hydrogen) atoms. The normalized spacial score (nSPS) is 25.9. The summed E-state index contributed by atoms with van der Waals surface area (Å²) in [5.74, 6) is 0.650. The van der Waals surface area contributed by atoms with Gasteiger partial charge in [0.2, 0.25) is 5.91 Å². The number of nitrogens with zero attached hydrogens (tertiary/aromatic N) is 5. The van der Waals surface area contributed by atoms with Crippen molar-refractivity contribution in [3.05, 3.63) is 5.82 Å². The van der Waals surface area contributed by atoms with Gasteiger partial charge in [-0.2, -0.15) is 0 Å². The van der Waals surface area contributed by atoms with Crippen molar-refractivity contribution in [2.24, 2.45) is 0 Å². The summed E-state index contributed by atoms with van der Waals surface area (Å²) >= 11 is 0. The molecule has 0 aliphatic carbocycles. The van der Waals surface area contributed by atoms with Crippen LogP contribution >= 0.6 is 0 Å². The molecule has 1 aromatic heterocycles. The van der Waals surface area contributed by atoms with Gasteiger partial charge in [-0.15, -0.1) is 5.10 Å². The molecule has 0 aromatic carbocycles. The van der Waals surface area contributed by atoms with Crippen LogP contribution in [0.15, 0.2) is 0 Å². The lowest BCUT2D eigenvalue weighted by atomic mass is 9.99. The molecule has 1 aromatic rings. The number of carbonyl (C=O) groups is 1. The van der Waals surface area contributed by atoms with Crippen molar-refractivity contribution in [3.63, 3.8) is 0 Å². The van der Waals surface area contributed by atoms with Crippen LogP contribution in [0.25, 0.3) is 0 Å². The van der Waals surface area contributed by atoms with E-state index in [9.17, 15) is 4.79 Å². The second-order valence-electron chi connectivity index (χ2n) is 6.18. The molecule has 0 saturated carbocycles. The molecule has 7 heteroatoms. The molecular weight excluding hydrogens is 258 g/mol. The molecule has 0 radical (unpaired) electrons. The van der Waals surface area contributed by atoms with Gasteiger partial charge in [-0.05, 0) is 37.1 Å². The minimum absolute atomic E-state index is 0.138. The Morgan fingerprint density at radius 2 is 2.20 bits per heavy atom. The quantitative estimate of drug-likeness (QED) is 0.752. The van der Waals surface area contributed by atoms with Crippen molar-refractivity contribution in [2.45, 2.75) is 51.2 Å². The van der Waals surface area contributed by atoms with Gasteiger partial charge < -0.3 is 9.64 Å². The Morgan fingerprint density at radius 1 is 1.35 bits per heavy atom. The SMILES string of the molecule is CC1(C)CN(C(=O)C2CCCCn3nnnc32)CCO1. The number of morpholine rings is 1. The monoisotopic (exact) mass is 279 g/mol. The first-order valence-electron chi connectivity index (χ1n) is 7.26. The third-order valence-electron chi connectivity index (χ3n) is 4.02. The Bertz CT molecular complexity index is 499. The maximum atomic E-state index is 12.8. The number of aromatic nitrogens is 4. The van der Waals surface area contributed by atoms with Crippen LogP contribution in [0.5, 0.6) is 0 Å². The second-order valence-corrected chi connectivity index (χ2v) is 6.18. The number of carbonyl (C=O) groups excluding carboxylic acids is 1. The number of hydrogen-bond acceptors (Lipinski definition) is 5. The van der Waals surface area contributed by atoms with Crippen LogP contribution in [0.2, 0.25) is 0 Å². The lowest BCUT2D eigenvalue weighted by Gasteiger charge is -2.39. The van der Waals surface area contributed by atoms with Gasteiger partial charge in [0.1, 0.15) is 0 Å². The number of hydrogen-bond donors (Lipinski definition) is 0. The first kappa shape index (κ1) is 13.5. The molecule has 1 unspecified atom stereocenters. The van der Waals surface area contributed by atoms with Crippen LogP contribution in [0.1, 0.15) is 44.9 Å². The van der Waals surface area contributed by atoms with Crippen LogP contribution < -0.4 is 0 Å². The minimum Gasteiger partial charge on any atom is -0.372 e. The third-order valence-corrected chi connectivity index (χ3v) is 4.02. The molecule has 0 spiro atoms. The number of fused-ring (bicyclic) bond motifs is 1. The van der Waals surface area contributed by atoms with E-state index < -0.39 is 0 Å². The van der Waals surface area contributed by atoms with Crippen LogP contribution in [0, 0.1) is 0 Å². The largest absolute Gasteiger partial charge is 0.372 e. The maximum absolute atomic E-state index is 12.8. The highest BCUT2D eigenvalue weighted by atomic mass is 16.5. The molecule has 2 aliphatic rings. The summed E-state index contributed by atoms with van der Waals surface area (Å²) in [5.41, 5.74) is -0.273. The Morgan fingerprint density at radius 3 is 3.00 bits per heavy atom. The van der Waals surface area contributed by atoms with Gasteiger partial charge in [0.15, 0.2) is 5.82 Å². The van der Waals surface area contributed by atoms with E-state index in [2.05, 4.69) is 15.5 Å². The van der Waals surface area contributed by atoms with Crippen molar-refractivity contribution in [1.82, 2.24) is 25.1 Å².